The van der Waals surface area contributed by atoms with E-state index in [1.54, 1.807) is 6.92 Å². The van der Waals surface area contributed by atoms with Gasteiger partial charge in [-0.15, -0.1) is 8.78 Å². The molecule has 0 saturated heterocycles. The van der Waals surface area contributed by atoms with E-state index in [0.29, 0.717) is 27.9 Å². The number of fused-ring (bicyclic) bond motifs is 1. The first kappa shape index (κ1) is 24.9. The number of rotatable bonds is 9. The third-order valence-corrected chi connectivity index (χ3v) is 4.57. The highest BCUT2D eigenvalue weighted by atomic mass is 35.5. The van der Waals surface area contributed by atoms with Gasteiger partial charge in [0.05, 0.1) is 23.9 Å². The number of anilines is 1. The fraction of sp³-hybridized carbons (Fsp3) is 0.182. The number of amides is 1. The first-order valence-corrected chi connectivity index (χ1v) is 10.0. The smallest absolute Gasteiger partial charge is 0.420 e. The van der Waals surface area contributed by atoms with Crippen molar-refractivity contribution < 1.29 is 27.1 Å². The van der Waals surface area contributed by atoms with Crippen LogP contribution in [0.4, 0.5) is 23.2 Å². The number of aliphatic imine (C=N–C) groups is 2. The zero-order chi connectivity index (χ0) is 24.9. The van der Waals surface area contributed by atoms with Gasteiger partial charge in [-0.3, -0.25) is 9.79 Å². The standard InChI is InChI=1S/C22H18ClF4N5O2/c1-13(9-29-11-28-2)17-7-14(8-18-20(17)32(12-30-18)10-19(24)25)21(33)31-15-3-5-16(6-4-15)34-22(23,26)27/h3-9,11-12,19H,2,10H2,1H3,(H,31,33)/b13-9+,29-11-. The SMILES string of the molecule is C=N/C=N\C=C(/C)c1cc(C(=O)Nc2ccc(OC(F)(F)Cl)cc2)cc2ncn(CC(F)F)c12. The largest absolute Gasteiger partial charge is 0.487 e. The number of hydrogen-bond acceptors (Lipinski definition) is 4. The summed E-state index contributed by atoms with van der Waals surface area (Å²) in [7, 11) is 0. The number of hydrogen-bond donors (Lipinski definition) is 1. The van der Waals surface area contributed by atoms with Gasteiger partial charge >= 0.3 is 5.57 Å². The Morgan fingerprint density at radius 1 is 1.32 bits per heavy atom. The molecule has 1 amide bonds. The minimum Gasteiger partial charge on any atom is -0.420 e. The number of alkyl halides is 5. The molecule has 1 aromatic heterocycles. The van der Waals surface area contributed by atoms with E-state index in [2.05, 4.69) is 31.7 Å². The van der Waals surface area contributed by atoms with Gasteiger partial charge < -0.3 is 14.6 Å². The molecule has 0 unspecified atom stereocenters. The van der Waals surface area contributed by atoms with Gasteiger partial charge in [0.25, 0.3) is 12.3 Å². The van der Waals surface area contributed by atoms with Crippen molar-refractivity contribution in [3.8, 4) is 5.75 Å². The number of carbonyl (C=O) groups is 1. The number of carbonyl (C=O) groups excluding carboxylic acids is 1. The summed E-state index contributed by atoms with van der Waals surface area (Å²) in [6.45, 7) is 4.41. The predicted octanol–water partition coefficient (Wildman–Crippen LogP) is 5.81. The van der Waals surface area contributed by atoms with Gasteiger partial charge in [0, 0.05) is 34.6 Å². The molecule has 1 N–H and O–H groups in total. The molecule has 0 aliphatic carbocycles. The summed E-state index contributed by atoms with van der Waals surface area (Å²) in [6, 6.07) is 8.12. The molecule has 34 heavy (non-hydrogen) atoms. The Hall–Kier alpha value is -3.73. The van der Waals surface area contributed by atoms with Crippen LogP contribution < -0.4 is 10.1 Å². The first-order valence-electron chi connectivity index (χ1n) is 9.66. The van der Waals surface area contributed by atoms with Gasteiger partial charge in [-0.2, -0.15) is 0 Å². The molecular formula is C22H18ClF4N5O2. The van der Waals surface area contributed by atoms with Crippen LogP contribution in [0.3, 0.4) is 0 Å². The zero-order valence-electron chi connectivity index (χ0n) is 17.7. The highest BCUT2D eigenvalue weighted by Gasteiger charge is 2.27. The normalized spacial score (nSPS) is 12.5. The van der Waals surface area contributed by atoms with Gasteiger partial charge in [0.15, 0.2) is 0 Å². The van der Waals surface area contributed by atoms with E-state index >= 15 is 0 Å². The molecule has 0 fully saturated rings. The molecule has 0 saturated carbocycles. The fourth-order valence-electron chi connectivity index (χ4n) is 3.13. The Morgan fingerprint density at radius 3 is 2.65 bits per heavy atom. The lowest BCUT2D eigenvalue weighted by atomic mass is 10.0. The van der Waals surface area contributed by atoms with Crippen molar-refractivity contribution in [3.63, 3.8) is 0 Å². The number of benzene rings is 2. The maximum absolute atomic E-state index is 13.0. The summed E-state index contributed by atoms with van der Waals surface area (Å²) < 4.78 is 57.1. The number of imidazole rings is 1. The lowest BCUT2D eigenvalue weighted by molar-refractivity contribution is -0.0964. The maximum atomic E-state index is 13.0. The van der Waals surface area contributed by atoms with Crippen LogP contribution in [-0.2, 0) is 6.54 Å². The number of aromatic nitrogens is 2. The van der Waals surface area contributed by atoms with Crippen molar-refractivity contribution in [1.82, 2.24) is 9.55 Å². The van der Waals surface area contributed by atoms with Crippen molar-refractivity contribution in [2.75, 3.05) is 5.32 Å². The van der Waals surface area contributed by atoms with Crippen LogP contribution in [0.15, 0.2) is 58.9 Å². The van der Waals surface area contributed by atoms with E-state index in [-0.39, 0.29) is 11.3 Å². The van der Waals surface area contributed by atoms with Gasteiger partial charge in [-0.1, -0.05) is 0 Å². The van der Waals surface area contributed by atoms with Crippen LogP contribution in [0, 0.1) is 0 Å². The molecule has 3 rings (SSSR count). The Labute approximate surface area is 196 Å². The Balaban J connectivity index is 1.95. The molecule has 7 nitrogen and oxygen atoms in total. The molecule has 0 spiro atoms. The summed E-state index contributed by atoms with van der Waals surface area (Å²) in [5.74, 6) is -0.728. The molecule has 12 heteroatoms. The van der Waals surface area contributed by atoms with Crippen molar-refractivity contribution in [1.29, 1.82) is 0 Å². The van der Waals surface area contributed by atoms with Crippen LogP contribution in [0.1, 0.15) is 22.8 Å². The maximum Gasteiger partial charge on any atom is 0.487 e. The van der Waals surface area contributed by atoms with E-state index in [1.807, 2.05) is 0 Å². The van der Waals surface area contributed by atoms with E-state index in [0.717, 1.165) is 0 Å². The van der Waals surface area contributed by atoms with E-state index < -0.39 is 24.4 Å². The second-order valence-corrected chi connectivity index (χ2v) is 7.41. The first-order chi connectivity index (χ1) is 16.1. The Morgan fingerprint density at radius 2 is 2.03 bits per heavy atom. The van der Waals surface area contributed by atoms with Gasteiger partial charge in [-0.05, 0) is 55.6 Å². The number of nitrogens with one attached hydrogen (secondary N) is 1. The van der Waals surface area contributed by atoms with Gasteiger partial charge in [0.2, 0.25) is 0 Å². The minimum atomic E-state index is -3.86. The van der Waals surface area contributed by atoms with Crippen molar-refractivity contribution in [3.05, 3.63) is 60.1 Å². The summed E-state index contributed by atoms with van der Waals surface area (Å²) in [5.41, 5.74) is -1.59. The highest BCUT2D eigenvalue weighted by molar-refractivity contribution is 6.20. The quantitative estimate of drug-likeness (QED) is 0.176. The fourth-order valence-corrected chi connectivity index (χ4v) is 3.22. The monoisotopic (exact) mass is 495 g/mol. The van der Waals surface area contributed by atoms with E-state index in [4.69, 9.17) is 11.6 Å². The summed E-state index contributed by atoms with van der Waals surface area (Å²) in [6.07, 6.45) is 1.33. The molecule has 0 radical (unpaired) electrons. The van der Waals surface area contributed by atoms with Crippen LogP contribution in [-0.4, -0.2) is 40.5 Å². The van der Waals surface area contributed by atoms with Crippen molar-refractivity contribution in [2.45, 2.75) is 25.5 Å². The lowest BCUT2D eigenvalue weighted by Gasteiger charge is -2.13. The minimum absolute atomic E-state index is 0.191. The second kappa shape index (κ2) is 10.5. The van der Waals surface area contributed by atoms with Crippen LogP contribution >= 0.6 is 11.6 Å². The topological polar surface area (TPSA) is 80.9 Å². The molecule has 0 aliphatic rings. The predicted molar refractivity (Wildman–Crippen MR) is 123 cm³/mol. The van der Waals surface area contributed by atoms with E-state index in [1.165, 1.54) is 59.8 Å². The van der Waals surface area contributed by atoms with Crippen LogP contribution in [0.2, 0.25) is 0 Å². The zero-order valence-corrected chi connectivity index (χ0v) is 18.4. The number of nitrogens with zero attached hydrogens (tertiary/aromatic N) is 4. The third-order valence-electron chi connectivity index (χ3n) is 4.50. The highest BCUT2D eigenvalue weighted by Crippen LogP contribution is 2.29. The average molecular weight is 496 g/mol. The second-order valence-electron chi connectivity index (χ2n) is 6.97. The Kier molecular flexibility index (Phi) is 7.67. The van der Waals surface area contributed by atoms with Crippen LogP contribution in [0.5, 0.6) is 5.75 Å². The molecule has 1 heterocycles. The van der Waals surface area contributed by atoms with Gasteiger partial charge in [-0.25, -0.2) is 18.8 Å². The Bertz CT molecular complexity index is 1250. The number of halogens is 5. The molecule has 0 atom stereocenters. The van der Waals surface area contributed by atoms with Crippen molar-refractivity contribution in [2.24, 2.45) is 9.98 Å². The lowest BCUT2D eigenvalue weighted by Crippen LogP contribution is -2.16. The average Bonchev–Trinajstić information content (AvgIpc) is 3.15. The summed E-state index contributed by atoms with van der Waals surface area (Å²) >= 11 is 4.73. The number of ether oxygens (including phenoxy) is 1. The third kappa shape index (κ3) is 6.41. The molecule has 3 aromatic rings. The molecule has 178 valence electrons. The molecule has 0 bridgehead atoms. The van der Waals surface area contributed by atoms with Crippen LogP contribution in [0.25, 0.3) is 16.6 Å². The molecule has 0 aliphatic heterocycles. The molecular weight excluding hydrogens is 478 g/mol. The summed E-state index contributed by atoms with van der Waals surface area (Å²) in [5, 5.41) is 2.63. The number of allylic oxidation sites excluding steroid dienone is 1. The summed E-state index contributed by atoms with van der Waals surface area (Å²) in [4.78, 5) is 24.5. The van der Waals surface area contributed by atoms with Gasteiger partial charge in [0.1, 0.15) is 12.1 Å². The molecule has 2 aromatic carbocycles. The van der Waals surface area contributed by atoms with Crippen molar-refractivity contribution >= 4 is 52.9 Å². The van der Waals surface area contributed by atoms with E-state index in [9.17, 15) is 22.4 Å².